The summed E-state index contributed by atoms with van der Waals surface area (Å²) in [6.45, 7) is 0. The molecular weight excluding hydrogens is 302 g/mol. The van der Waals surface area contributed by atoms with Crippen molar-refractivity contribution in [3.05, 3.63) is 52.5 Å². The van der Waals surface area contributed by atoms with Crippen LogP contribution in [0.15, 0.2) is 50.8 Å². The quantitative estimate of drug-likeness (QED) is 0.588. The van der Waals surface area contributed by atoms with E-state index in [4.69, 9.17) is 4.42 Å². The number of rotatable bonds is 4. The zero-order chi connectivity index (χ0) is 15.5. The zero-order valence-electron chi connectivity index (χ0n) is 11.6. The average molecular weight is 313 g/mol. The van der Waals surface area contributed by atoms with Gasteiger partial charge < -0.3 is 4.42 Å². The van der Waals surface area contributed by atoms with E-state index in [9.17, 15) is 9.59 Å². The minimum absolute atomic E-state index is 0.206. The Balaban J connectivity index is 2.16. The van der Waals surface area contributed by atoms with Crippen molar-refractivity contribution in [3.63, 3.8) is 0 Å². The number of hydrogen-bond acceptors (Lipinski definition) is 6. The number of nitrogens with one attached hydrogen (secondary N) is 1. The van der Waals surface area contributed by atoms with Gasteiger partial charge in [-0.3, -0.25) is 14.6 Å². The molecule has 0 amide bonds. The molecule has 0 spiro atoms. The molecule has 22 heavy (non-hydrogen) atoms. The summed E-state index contributed by atoms with van der Waals surface area (Å²) in [6, 6.07) is 10.4. The van der Waals surface area contributed by atoms with Gasteiger partial charge in [0.1, 0.15) is 5.76 Å². The Hall–Kier alpha value is -2.67. The second-order valence-corrected chi connectivity index (χ2v) is 5.17. The number of aromatic nitrogens is 3. The fourth-order valence-electron chi connectivity index (χ4n) is 2.06. The number of carbonyl (C=O) groups is 1. The second-order valence-electron chi connectivity index (χ2n) is 4.38. The van der Waals surface area contributed by atoms with Gasteiger partial charge in [0.2, 0.25) is 0 Å². The smallest absolute Gasteiger partial charge is 0.278 e. The molecule has 0 saturated heterocycles. The van der Waals surface area contributed by atoms with Crippen molar-refractivity contribution in [2.24, 2.45) is 0 Å². The van der Waals surface area contributed by atoms with E-state index in [0.29, 0.717) is 28.3 Å². The third-order valence-electron chi connectivity index (χ3n) is 3.06. The molecular formula is C15H11N3O3S. The monoisotopic (exact) mass is 313 g/mol. The number of aromatic amines is 1. The highest BCUT2D eigenvalue weighted by Gasteiger charge is 2.15. The summed E-state index contributed by atoms with van der Waals surface area (Å²) in [5.41, 5.74) is 1.15. The molecule has 0 unspecified atom stereocenters. The summed E-state index contributed by atoms with van der Waals surface area (Å²) in [4.78, 5) is 25.6. The summed E-state index contributed by atoms with van der Waals surface area (Å²) in [6.07, 6.45) is 2.43. The van der Waals surface area contributed by atoms with Crippen LogP contribution in [0, 0.1) is 0 Å². The summed E-state index contributed by atoms with van der Waals surface area (Å²) in [5.74, 6) is 0.718. The summed E-state index contributed by atoms with van der Waals surface area (Å²) in [7, 11) is 0. The highest BCUT2D eigenvalue weighted by Crippen LogP contribution is 2.30. The average Bonchev–Trinajstić information content (AvgIpc) is 3.03. The first-order valence-corrected chi connectivity index (χ1v) is 7.61. The molecule has 3 rings (SSSR count). The largest absolute Gasteiger partial charge is 0.453 e. The summed E-state index contributed by atoms with van der Waals surface area (Å²) >= 11 is 1.31. The van der Waals surface area contributed by atoms with Gasteiger partial charge in [-0.25, -0.2) is 0 Å². The van der Waals surface area contributed by atoms with E-state index in [2.05, 4.69) is 15.2 Å². The number of aldehydes is 1. The minimum atomic E-state index is -0.325. The predicted molar refractivity (Wildman–Crippen MR) is 83.0 cm³/mol. The molecule has 1 aromatic carbocycles. The number of H-pyrrole nitrogens is 1. The third kappa shape index (κ3) is 2.58. The lowest BCUT2D eigenvalue weighted by atomic mass is 10.0. The van der Waals surface area contributed by atoms with Crippen LogP contribution in [0.3, 0.4) is 0 Å². The highest BCUT2D eigenvalue weighted by atomic mass is 32.2. The van der Waals surface area contributed by atoms with Gasteiger partial charge in [0.05, 0.1) is 0 Å². The van der Waals surface area contributed by atoms with Crippen molar-refractivity contribution in [3.8, 4) is 22.6 Å². The number of benzene rings is 1. The van der Waals surface area contributed by atoms with Crippen molar-refractivity contribution >= 4 is 18.0 Å². The molecule has 0 radical (unpaired) electrons. The van der Waals surface area contributed by atoms with Crippen LogP contribution < -0.4 is 5.56 Å². The number of carbonyl (C=O) groups excluding carboxylic acids is 1. The number of thioether (sulfide) groups is 1. The SMILES string of the molecule is CSc1nnc(-c2ccccc2-c2ccc(C=O)o2)c(=O)[nH]1. The maximum atomic E-state index is 12.2. The van der Waals surface area contributed by atoms with Crippen molar-refractivity contribution in [1.29, 1.82) is 0 Å². The van der Waals surface area contributed by atoms with Crippen molar-refractivity contribution in [2.75, 3.05) is 6.26 Å². The Labute approximate surface area is 129 Å². The predicted octanol–water partition coefficient (Wildman–Crippen LogP) is 2.63. The lowest BCUT2D eigenvalue weighted by molar-refractivity contribution is 0.110. The Morgan fingerprint density at radius 3 is 2.55 bits per heavy atom. The topological polar surface area (TPSA) is 88.8 Å². The first kappa shape index (κ1) is 14.3. The summed E-state index contributed by atoms with van der Waals surface area (Å²) < 4.78 is 5.43. The van der Waals surface area contributed by atoms with Gasteiger partial charge in [-0.1, -0.05) is 36.0 Å². The van der Waals surface area contributed by atoms with Gasteiger partial charge in [-0.2, -0.15) is 0 Å². The van der Waals surface area contributed by atoms with E-state index in [1.165, 1.54) is 11.8 Å². The fourth-order valence-corrected chi connectivity index (χ4v) is 2.37. The van der Waals surface area contributed by atoms with E-state index in [1.807, 2.05) is 6.07 Å². The molecule has 0 atom stereocenters. The molecule has 110 valence electrons. The fraction of sp³-hybridized carbons (Fsp3) is 0.0667. The molecule has 1 N–H and O–H groups in total. The Morgan fingerprint density at radius 1 is 1.14 bits per heavy atom. The van der Waals surface area contributed by atoms with Crippen LogP contribution in [0.2, 0.25) is 0 Å². The van der Waals surface area contributed by atoms with Gasteiger partial charge >= 0.3 is 0 Å². The Bertz CT molecular complexity index is 885. The lowest BCUT2D eigenvalue weighted by Gasteiger charge is -2.05. The first-order valence-electron chi connectivity index (χ1n) is 6.38. The van der Waals surface area contributed by atoms with Gasteiger partial charge in [0.15, 0.2) is 22.9 Å². The Morgan fingerprint density at radius 2 is 1.91 bits per heavy atom. The zero-order valence-corrected chi connectivity index (χ0v) is 12.4. The minimum Gasteiger partial charge on any atom is -0.453 e. The molecule has 6 nitrogen and oxygen atoms in total. The van der Waals surface area contributed by atoms with Crippen molar-refractivity contribution in [2.45, 2.75) is 5.16 Å². The van der Waals surface area contributed by atoms with E-state index in [-0.39, 0.29) is 17.0 Å². The van der Waals surface area contributed by atoms with Crippen molar-refractivity contribution < 1.29 is 9.21 Å². The van der Waals surface area contributed by atoms with E-state index in [1.54, 1.807) is 36.6 Å². The van der Waals surface area contributed by atoms with Gasteiger partial charge in [-0.05, 0) is 18.4 Å². The molecule has 0 aliphatic rings. The normalized spacial score (nSPS) is 10.6. The maximum Gasteiger partial charge on any atom is 0.278 e. The van der Waals surface area contributed by atoms with Gasteiger partial charge in [0, 0.05) is 11.1 Å². The summed E-state index contributed by atoms with van der Waals surface area (Å²) in [5, 5.41) is 8.42. The number of furan rings is 1. The van der Waals surface area contributed by atoms with E-state index >= 15 is 0 Å². The number of nitrogens with zero attached hydrogens (tertiary/aromatic N) is 2. The van der Waals surface area contributed by atoms with Crippen molar-refractivity contribution in [1.82, 2.24) is 15.2 Å². The maximum absolute atomic E-state index is 12.2. The van der Waals surface area contributed by atoms with Crippen LogP contribution in [0.5, 0.6) is 0 Å². The molecule has 2 heterocycles. The van der Waals surface area contributed by atoms with E-state index < -0.39 is 0 Å². The molecule has 0 bridgehead atoms. The van der Waals surface area contributed by atoms with Crippen LogP contribution in [-0.4, -0.2) is 27.7 Å². The molecule has 0 fully saturated rings. The molecule has 0 aliphatic heterocycles. The number of hydrogen-bond donors (Lipinski definition) is 1. The second kappa shape index (κ2) is 5.98. The van der Waals surface area contributed by atoms with Gasteiger partial charge in [-0.15, -0.1) is 10.2 Å². The van der Waals surface area contributed by atoms with Crippen LogP contribution in [0.4, 0.5) is 0 Å². The highest BCUT2D eigenvalue weighted by molar-refractivity contribution is 7.98. The van der Waals surface area contributed by atoms with E-state index in [0.717, 1.165) is 0 Å². The molecule has 0 saturated carbocycles. The third-order valence-corrected chi connectivity index (χ3v) is 3.63. The first-order chi connectivity index (χ1) is 10.7. The van der Waals surface area contributed by atoms with Gasteiger partial charge in [0.25, 0.3) is 5.56 Å². The molecule has 2 aromatic heterocycles. The standard InChI is InChI=1S/C15H11N3O3S/c1-22-15-16-14(20)13(17-18-15)11-5-3-2-4-10(11)12-7-6-9(8-19)21-12/h2-8H,1H3,(H,16,18,20). The van der Waals surface area contributed by atoms with Crippen LogP contribution >= 0.6 is 11.8 Å². The molecule has 3 aromatic rings. The Kier molecular flexibility index (Phi) is 3.88. The van der Waals surface area contributed by atoms with Crippen LogP contribution in [0.1, 0.15) is 10.6 Å². The molecule has 7 heteroatoms. The van der Waals surface area contributed by atoms with Crippen LogP contribution in [0.25, 0.3) is 22.6 Å². The molecule has 0 aliphatic carbocycles. The van der Waals surface area contributed by atoms with Crippen LogP contribution in [-0.2, 0) is 0 Å². The lowest BCUT2D eigenvalue weighted by Crippen LogP contribution is -2.14.